The van der Waals surface area contributed by atoms with Gasteiger partial charge < -0.3 is 10.3 Å². The number of nitro benzene ring substituents is 1. The molecule has 0 atom stereocenters. The first-order valence-electron chi connectivity index (χ1n) is 7.47. The highest BCUT2D eigenvalue weighted by atomic mass is 35.5. The van der Waals surface area contributed by atoms with E-state index in [0.29, 0.717) is 5.69 Å². The first-order valence-corrected chi connectivity index (χ1v) is 8.60. The zero-order valence-electron chi connectivity index (χ0n) is 13.6. The van der Waals surface area contributed by atoms with Crippen molar-refractivity contribution in [2.75, 3.05) is 5.32 Å². The fourth-order valence-corrected chi connectivity index (χ4v) is 3.21. The summed E-state index contributed by atoms with van der Waals surface area (Å²) in [6.45, 7) is 1.18. The van der Waals surface area contributed by atoms with Gasteiger partial charge >= 0.3 is 0 Å². The lowest BCUT2D eigenvalue weighted by Crippen LogP contribution is -2.19. The smallest absolute Gasteiger partial charge is 0.282 e. The Balaban J connectivity index is 2.37. The van der Waals surface area contributed by atoms with Crippen LogP contribution in [-0.2, 0) is 0 Å². The molecule has 0 saturated carbocycles. The first kappa shape index (κ1) is 19.2. The van der Waals surface area contributed by atoms with Crippen molar-refractivity contribution in [3.8, 4) is 0 Å². The number of nitrogens with one attached hydrogen (secondary N) is 2. The number of halogens is 3. The molecule has 0 saturated heterocycles. The van der Waals surface area contributed by atoms with Gasteiger partial charge in [0.2, 0.25) is 5.43 Å². The van der Waals surface area contributed by atoms with Crippen molar-refractivity contribution in [3.05, 3.63) is 71.3 Å². The Bertz CT molecular complexity index is 1170. The molecule has 0 spiro atoms. The molecule has 0 amide bonds. The van der Waals surface area contributed by atoms with Crippen LogP contribution in [0.4, 0.5) is 17.2 Å². The van der Waals surface area contributed by atoms with Crippen molar-refractivity contribution < 1.29 is 9.72 Å². The van der Waals surface area contributed by atoms with E-state index in [0.717, 1.165) is 6.07 Å². The van der Waals surface area contributed by atoms with Crippen LogP contribution in [0.2, 0.25) is 15.1 Å². The molecule has 27 heavy (non-hydrogen) atoms. The van der Waals surface area contributed by atoms with Crippen LogP contribution < -0.4 is 10.7 Å². The highest BCUT2D eigenvalue weighted by molar-refractivity contribution is 6.43. The maximum Gasteiger partial charge on any atom is 0.282 e. The number of hydrogen-bond acceptors (Lipinski definition) is 5. The van der Waals surface area contributed by atoms with Gasteiger partial charge in [0.05, 0.1) is 31.2 Å². The molecule has 2 N–H and O–H groups in total. The molecule has 7 nitrogen and oxygen atoms in total. The van der Waals surface area contributed by atoms with E-state index in [2.05, 4.69) is 10.3 Å². The first-order chi connectivity index (χ1) is 12.7. The lowest BCUT2D eigenvalue weighted by atomic mass is 10.1. The van der Waals surface area contributed by atoms with Crippen LogP contribution in [0, 0.1) is 10.1 Å². The summed E-state index contributed by atoms with van der Waals surface area (Å²) >= 11 is 18.2. The molecule has 138 valence electrons. The zero-order valence-corrected chi connectivity index (χ0v) is 15.9. The molecule has 1 heterocycles. The third-order valence-corrected chi connectivity index (χ3v) is 4.98. The second kappa shape index (κ2) is 7.19. The van der Waals surface area contributed by atoms with Gasteiger partial charge in [0.15, 0.2) is 5.78 Å². The third kappa shape index (κ3) is 3.37. The number of pyridine rings is 1. The Morgan fingerprint density at radius 1 is 1.15 bits per heavy atom. The van der Waals surface area contributed by atoms with E-state index < -0.39 is 21.8 Å². The van der Waals surface area contributed by atoms with Crippen molar-refractivity contribution in [3.63, 3.8) is 0 Å². The highest BCUT2D eigenvalue weighted by Crippen LogP contribution is 2.34. The maximum atomic E-state index is 12.9. The molecule has 1 aromatic heterocycles. The van der Waals surface area contributed by atoms with Gasteiger partial charge in [0.25, 0.3) is 5.69 Å². The summed E-state index contributed by atoms with van der Waals surface area (Å²) in [6.07, 6.45) is 0. The molecule has 3 aromatic rings. The molecule has 0 fully saturated rings. The van der Waals surface area contributed by atoms with Crippen LogP contribution in [0.5, 0.6) is 0 Å². The van der Waals surface area contributed by atoms with Crippen LogP contribution >= 0.6 is 34.8 Å². The average Bonchev–Trinajstić information content (AvgIpc) is 2.59. The van der Waals surface area contributed by atoms with Crippen molar-refractivity contribution in [2.24, 2.45) is 0 Å². The summed E-state index contributed by atoms with van der Waals surface area (Å²) in [5.74, 6) is -0.584. The standard InChI is InChI=1S/C17H10Cl3N3O4/c1-7(24)12-16(25)13-11(23(26)27)6-5-9(19)15(13)22-17(12)21-10-4-2-3-8(18)14(10)20/h2-6H,1H3,(H2,21,22,25). The topological polar surface area (TPSA) is 105 Å². The van der Waals surface area contributed by atoms with Crippen LogP contribution in [0.25, 0.3) is 10.9 Å². The maximum absolute atomic E-state index is 12.9. The van der Waals surface area contributed by atoms with Crippen LogP contribution in [-0.4, -0.2) is 15.7 Å². The van der Waals surface area contributed by atoms with E-state index in [1.165, 1.54) is 13.0 Å². The van der Waals surface area contributed by atoms with Crippen molar-refractivity contribution >= 4 is 68.7 Å². The molecule has 0 aliphatic carbocycles. The highest BCUT2D eigenvalue weighted by Gasteiger charge is 2.24. The van der Waals surface area contributed by atoms with E-state index in [9.17, 15) is 19.7 Å². The van der Waals surface area contributed by atoms with Crippen LogP contribution in [0.15, 0.2) is 35.1 Å². The number of carbonyl (C=O) groups is 1. The van der Waals surface area contributed by atoms with E-state index >= 15 is 0 Å². The Kier molecular flexibility index (Phi) is 5.10. The van der Waals surface area contributed by atoms with E-state index in [4.69, 9.17) is 34.8 Å². The Labute approximate surface area is 167 Å². The minimum absolute atomic E-state index is 0.00608. The molecular formula is C17H10Cl3N3O4. The second-order valence-corrected chi connectivity index (χ2v) is 6.75. The summed E-state index contributed by atoms with van der Waals surface area (Å²) in [7, 11) is 0. The number of aromatic nitrogens is 1. The lowest BCUT2D eigenvalue weighted by Gasteiger charge is -2.14. The monoisotopic (exact) mass is 425 g/mol. The van der Waals surface area contributed by atoms with Gasteiger partial charge in [0.1, 0.15) is 16.8 Å². The number of benzene rings is 2. The predicted molar refractivity (Wildman–Crippen MR) is 106 cm³/mol. The van der Waals surface area contributed by atoms with Gasteiger partial charge in [-0.1, -0.05) is 40.9 Å². The average molecular weight is 427 g/mol. The fourth-order valence-electron chi connectivity index (χ4n) is 2.66. The normalized spacial score (nSPS) is 10.8. The molecular weight excluding hydrogens is 417 g/mol. The third-order valence-electron chi connectivity index (χ3n) is 3.85. The summed E-state index contributed by atoms with van der Waals surface area (Å²) in [4.78, 5) is 38.4. The number of non-ortho nitro benzene ring substituents is 1. The van der Waals surface area contributed by atoms with Crippen molar-refractivity contribution in [2.45, 2.75) is 6.92 Å². The number of hydrogen-bond donors (Lipinski definition) is 2. The number of fused-ring (bicyclic) bond motifs is 1. The van der Waals surface area contributed by atoms with Gasteiger partial charge in [-0.25, -0.2) is 0 Å². The van der Waals surface area contributed by atoms with Gasteiger partial charge in [-0.2, -0.15) is 0 Å². The molecule has 0 radical (unpaired) electrons. The number of anilines is 2. The van der Waals surface area contributed by atoms with E-state index in [-0.39, 0.29) is 37.4 Å². The van der Waals surface area contributed by atoms with Crippen LogP contribution in [0.1, 0.15) is 17.3 Å². The quantitative estimate of drug-likeness (QED) is 0.333. The number of ketones is 1. The largest absolute Gasteiger partial charge is 0.340 e. The predicted octanol–water partition coefficient (Wildman–Crippen LogP) is 5.34. The number of H-pyrrole nitrogens is 1. The number of rotatable bonds is 4. The minimum atomic E-state index is -0.814. The van der Waals surface area contributed by atoms with E-state index in [1.54, 1.807) is 18.2 Å². The van der Waals surface area contributed by atoms with Crippen molar-refractivity contribution in [1.29, 1.82) is 0 Å². The molecule has 0 unspecified atom stereocenters. The van der Waals surface area contributed by atoms with Gasteiger partial charge in [-0.05, 0) is 25.1 Å². The minimum Gasteiger partial charge on any atom is -0.340 e. The molecule has 3 rings (SSSR count). The number of Topliss-reactive ketones (excluding diaryl/α,β-unsaturated/α-hetero) is 1. The summed E-state index contributed by atoms with van der Waals surface area (Å²) in [5, 5.41) is 14.4. The Morgan fingerprint density at radius 2 is 1.85 bits per heavy atom. The molecule has 2 aromatic carbocycles. The fraction of sp³-hybridized carbons (Fsp3) is 0.0588. The van der Waals surface area contributed by atoms with Gasteiger partial charge in [-0.15, -0.1) is 0 Å². The SMILES string of the molecule is CC(=O)c1c(Nc2cccc(Cl)c2Cl)[nH]c2c(Cl)ccc([N+](=O)[O-])c2c1=O. The Morgan fingerprint density at radius 3 is 2.48 bits per heavy atom. The molecule has 0 bridgehead atoms. The lowest BCUT2D eigenvalue weighted by molar-refractivity contribution is -0.383. The number of aromatic amines is 1. The molecule has 10 heteroatoms. The van der Waals surface area contributed by atoms with Gasteiger partial charge in [-0.3, -0.25) is 19.7 Å². The van der Waals surface area contributed by atoms with Gasteiger partial charge in [0, 0.05) is 6.07 Å². The number of nitrogens with zero attached hydrogens (tertiary/aromatic N) is 1. The van der Waals surface area contributed by atoms with Crippen LogP contribution in [0.3, 0.4) is 0 Å². The number of carbonyl (C=O) groups excluding carboxylic acids is 1. The summed E-state index contributed by atoms with van der Waals surface area (Å²) < 4.78 is 0. The summed E-state index contributed by atoms with van der Waals surface area (Å²) in [5.41, 5.74) is -1.19. The summed E-state index contributed by atoms with van der Waals surface area (Å²) in [6, 6.07) is 7.20. The van der Waals surface area contributed by atoms with E-state index in [1.807, 2.05) is 0 Å². The second-order valence-electron chi connectivity index (χ2n) is 5.56. The molecule has 0 aliphatic rings. The Hall–Kier alpha value is -2.61. The molecule has 0 aliphatic heterocycles. The van der Waals surface area contributed by atoms with Crippen molar-refractivity contribution in [1.82, 2.24) is 4.98 Å². The number of nitro groups is 1. The zero-order chi connectivity index (χ0) is 19.9.